The summed E-state index contributed by atoms with van der Waals surface area (Å²) in [5.74, 6) is 1.50. The highest BCUT2D eigenvalue weighted by molar-refractivity contribution is 5.69. The average Bonchev–Trinajstić information content (AvgIpc) is 3.37. The molecule has 1 aromatic rings. The fraction of sp³-hybridized carbons (Fsp3) is 0.789. The van der Waals surface area contributed by atoms with Gasteiger partial charge < -0.3 is 14.1 Å². The van der Waals surface area contributed by atoms with Crippen LogP contribution in [0, 0.1) is 0 Å². The lowest BCUT2D eigenvalue weighted by Gasteiger charge is -2.23. The molecule has 2 aliphatic heterocycles. The maximum atomic E-state index is 11.5. The number of rotatable bonds is 6. The third-order valence-electron chi connectivity index (χ3n) is 5.93. The second-order valence-electron chi connectivity index (χ2n) is 7.59. The van der Waals surface area contributed by atoms with Crippen molar-refractivity contribution in [2.75, 3.05) is 32.8 Å². The first-order valence-corrected chi connectivity index (χ1v) is 9.92. The molecule has 3 aliphatic rings. The van der Waals surface area contributed by atoms with E-state index in [0.29, 0.717) is 18.6 Å². The number of carbonyl (C=O) groups is 1. The van der Waals surface area contributed by atoms with Crippen LogP contribution >= 0.6 is 0 Å². The Morgan fingerprint density at radius 3 is 2.76 bits per heavy atom. The standard InChI is InChI=1S/C19H29N3O3/c23-19-22(12-13-24-19)11-5-10-21-9-4-8-17(21)18-20-16(14-25-18)15-6-2-1-3-7-15/h14-15,17H,1-13H2. The molecule has 3 fully saturated rings. The number of aromatic nitrogens is 1. The van der Waals surface area contributed by atoms with Crippen LogP contribution in [0.15, 0.2) is 10.7 Å². The van der Waals surface area contributed by atoms with Crippen molar-refractivity contribution in [2.45, 2.75) is 63.3 Å². The van der Waals surface area contributed by atoms with Gasteiger partial charge in [0.2, 0.25) is 5.89 Å². The molecule has 0 spiro atoms. The number of amides is 1. The summed E-state index contributed by atoms with van der Waals surface area (Å²) in [6.45, 7) is 4.12. The van der Waals surface area contributed by atoms with Crippen molar-refractivity contribution in [3.8, 4) is 0 Å². The number of ether oxygens (including phenoxy) is 1. The molecule has 1 aromatic heterocycles. The molecule has 2 saturated heterocycles. The van der Waals surface area contributed by atoms with E-state index in [2.05, 4.69) is 4.90 Å². The second kappa shape index (κ2) is 7.77. The van der Waals surface area contributed by atoms with Crippen molar-refractivity contribution in [3.05, 3.63) is 17.8 Å². The van der Waals surface area contributed by atoms with E-state index in [4.69, 9.17) is 14.1 Å². The lowest BCUT2D eigenvalue weighted by Crippen LogP contribution is -2.30. The van der Waals surface area contributed by atoms with Crippen molar-refractivity contribution in [1.29, 1.82) is 0 Å². The van der Waals surface area contributed by atoms with Gasteiger partial charge in [-0.05, 0) is 38.6 Å². The minimum Gasteiger partial charge on any atom is -0.448 e. The van der Waals surface area contributed by atoms with E-state index in [0.717, 1.165) is 44.9 Å². The highest BCUT2D eigenvalue weighted by Crippen LogP contribution is 2.36. The molecule has 138 valence electrons. The van der Waals surface area contributed by atoms with E-state index in [9.17, 15) is 4.79 Å². The molecule has 0 aromatic carbocycles. The number of nitrogens with zero attached hydrogens (tertiary/aromatic N) is 3. The molecule has 3 heterocycles. The Hall–Kier alpha value is -1.56. The molecule has 25 heavy (non-hydrogen) atoms. The minimum atomic E-state index is -0.164. The zero-order valence-corrected chi connectivity index (χ0v) is 15.0. The number of hydrogen-bond donors (Lipinski definition) is 0. The average molecular weight is 347 g/mol. The van der Waals surface area contributed by atoms with E-state index < -0.39 is 0 Å². The molecule has 0 N–H and O–H groups in total. The van der Waals surface area contributed by atoms with Crippen LogP contribution in [0.4, 0.5) is 4.79 Å². The molecule has 1 saturated carbocycles. The van der Waals surface area contributed by atoms with E-state index in [1.807, 2.05) is 6.26 Å². The fourth-order valence-electron chi connectivity index (χ4n) is 4.51. The normalized spacial score (nSPS) is 25.7. The van der Waals surface area contributed by atoms with Crippen molar-refractivity contribution < 1.29 is 13.9 Å². The summed E-state index contributed by atoms with van der Waals surface area (Å²) in [4.78, 5) is 20.6. The van der Waals surface area contributed by atoms with Gasteiger partial charge in [-0.1, -0.05) is 19.3 Å². The summed E-state index contributed by atoms with van der Waals surface area (Å²) in [7, 11) is 0. The predicted octanol–water partition coefficient (Wildman–Crippen LogP) is 3.70. The minimum absolute atomic E-state index is 0.164. The number of likely N-dealkylation sites (tertiary alicyclic amines) is 1. The van der Waals surface area contributed by atoms with Crippen molar-refractivity contribution in [3.63, 3.8) is 0 Å². The molecule has 4 rings (SSSR count). The molecule has 1 aliphatic carbocycles. The Labute approximate surface area is 149 Å². The molecular formula is C19H29N3O3. The van der Waals surface area contributed by atoms with Gasteiger partial charge >= 0.3 is 6.09 Å². The number of oxazole rings is 1. The molecule has 6 nitrogen and oxygen atoms in total. The molecule has 6 heteroatoms. The number of cyclic esters (lactones) is 1. The fourth-order valence-corrected chi connectivity index (χ4v) is 4.51. The monoisotopic (exact) mass is 347 g/mol. The quantitative estimate of drug-likeness (QED) is 0.785. The molecule has 1 amide bonds. The summed E-state index contributed by atoms with van der Waals surface area (Å²) < 4.78 is 10.9. The molecule has 0 bridgehead atoms. The van der Waals surface area contributed by atoms with Gasteiger partial charge in [0.15, 0.2) is 0 Å². The highest BCUT2D eigenvalue weighted by atomic mass is 16.6. The van der Waals surface area contributed by atoms with Gasteiger partial charge in [0, 0.05) is 19.0 Å². The van der Waals surface area contributed by atoms with E-state index in [-0.39, 0.29) is 6.09 Å². The SMILES string of the molecule is O=C1OCCN1CCCN1CCCC1c1nc(C2CCCCC2)co1. The second-order valence-corrected chi connectivity index (χ2v) is 7.59. The Morgan fingerprint density at radius 1 is 1.08 bits per heavy atom. The topological polar surface area (TPSA) is 58.8 Å². The third kappa shape index (κ3) is 3.84. The van der Waals surface area contributed by atoms with Crippen LogP contribution in [0.5, 0.6) is 0 Å². The van der Waals surface area contributed by atoms with Crippen molar-refractivity contribution >= 4 is 6.09 Å². The van der Waals surface area contributed by atoms with Crippen molar-refractivity contribution in [2.24, 2.45) is 0 Å². The Balaban J connectivity index is 1.31. The van der Waals surface area contributed by atoms with Gasteiger partial charge in [-0.15, -0.1) is 0 Å². The largest absolute Gasteiger partial charge is 0.448 e. The zero-order chi connectivity index (χ0) is 17.1. The summed E-state index contributed by atoms with van der Waals surface area (Å²) >= 11 is 0. The van der Waals surface area contributed by atoms with Crippen LogP contribution in [-0.2, 0) is 4.74 Å². The first-order valence-electron chi connectivity index (χ1n) is 9.92. The van der Waals surface area contributed by atoms with Gasteiger partial charge in [0.1, 0.15) is 12.9 Å². The Morgan fingerprint density at radius 2 is 1.96 bits per heavy atom. The van der Waals surface area contributed by atoms with Crippen LogP contribution in [0.2, 0.25) is 0 Å². The van der Waals surface area contributed by atoms with Crippen LogP contribution in [0.1, 0.15) is 74.9 Å². The summed E-state index contributed by atoms with van der Waals surface area (Å²) in [6.07, 6.45) is 11.5. The number of hydrogen-bond acceptors (Lipinski definition) is 5. The summed E-state index contributed by atoms with van der Waals surface area (Å²) in [5.41, 5.74) is 1.17. The van der Waals surface area contributed by atoms with Crippen LogP contribution in [0.25, 0.3) is 0 Å². The van der Waals surface area contributed by atoms with Crippen LogP contribution in [0.3, 0.4) is 0 Å². The lowest BCUT2D eigenvalue weighted by atomic mass is 9.87. The van der Waals surface area contributed by atoms with E-state index in [1.54, 1.807) is 4.90 Å². The van der Waals surface area contributed by atoms with Gasteiger partial charge in [-0.2, -0.15) is 0 Å². The van der Waals surface area contributed by atoms with Gasteiger partial charge in [0.05, 0.1) is 18.3 Å². The predicted molar refractivity (Wildman–Crippen MR) is 93.4 cm³/mol. The zero-order valence-electron chi connectivity index (χ0n) is 15.0. The molecule has 1 atom stereocenters. The van der Waals surface area contributed by atoms with Gasteiger partial charge in [-0.3, -0.25) is 4.90 Å². The first-order chi connectivity index (χ1) is 12.3. The Kier molecular flexibility index (Phi) is 5.25. The first kappa shape index (κ1) is 16.9. The summed E-state index contributed by atoms with van der Waals surface area (Å²) in [6, 6.07) is 0.308. The van der Waals surface area contributed by atoms with Gasteiger partial charge in [-0.25, -0.2) is 9.78 Å². The van der Waals surface area contributed by atoms with E-state index in [1.165, 1.54) is 44.2 Å². The smallest absolute Gasteiger partial charge is 0.409 e. The lowest BCUT2D eigenvalue weighted by molar-refractivity contribution is 0.155. The van der Waals surface area contributed by atoms with Crippen LogP contribution in [-0.4, -0.2) is 53.7 Å². The van der Waals surface area contributed by atoms with Gasteiger partial charge in [0.25, 0.3) is 0 Å². The third-order valence-corrected chi connectivity index (χ3v) is 5.93. The van der Waals surface area contributed by atoms with Crippen LogP contribution < -0.4 is 0 Å². The highest BCUT2D eigenvalue weighted by Gasteiger charge is 2.31. The molecule has 0 radical (unpaired) electrons. The Bertz CT molecular complexity index is 582. The number of carbonyl (C=O) groups excluding carboxylic acids is 1. The maximum absolute atomic E-state index is 11.5. The van der Waals surface area contributed by atoms with Crippen molar-refractivity contribution in [1.82, 2.24) is 14.8 Å². The maximum Gasteiger partial charge on any atom is 0.409 e. The molecular weight excluding hydrogens is 318 g/mol. The molecule has 1 unspecified atom stereocenters. The summed E-state index contributed by atoms with van der Waals surface area (Å²) in [5, 5.41) is 0. The van der Waals surface area contributed by atoms with E-state index >= 15 is 0 Å².